The van der Waals surface area contributed by atoms with E-state index in [9.17, 15) is 4.79 Å². The summed E-state index contributed by atoms with van der Waals surface area (Å²) in [7, 11) is 0. The van der Waals surface area contributed by atoms with Gasteiger partial charge < -0.3 is 5.32 Å². The first-order valence-electron chi connectivity index (χ1n) is 5.42. The highest BCUT2D eigenvalue weighted by atomic mass is 32.1. The van der Waals surface area contributed by atoms with Crippen LogP contribution >= 0.6 is 11.3 Å². The Morgan fingerprint density at radius 2 is 2.33 bits per heavy atom. The minimum absolute atomic E-state index is 0.523. The topological polar surface area (TPSA) is 70.7 Å². The number of fused-ring (bicyclic) bond motifs is 1. The summed E-state index contributed by atoms with van der Waals surface area (Å²) in [5, 5.41) is 11.5. The molecule has 18 heavy (non-hydrogen) atoms. The van der Waals surface area contributed by atoms with E-state index in [1.165, 1.54) is 0 Å². The SMILES string of the molecule is O=CNCc1cnc(-c2ccc3[nH]ncc3c2)s1. The first kappa shape index (κ1) is 10.9. The molecule has 0 aliphatic carbocycles. The van der Waals surface area contributed by atoms with Crippen LogP contribution in [-0.4, -0.2) is 21.6 Å². The highest BCUT2D eigenvalue weighted by Gasteiger charge is 2.06. The number of amides is 1. The summed E-state index contributed by atoms with van der Waals surface area (Å²) in [5.74, 6) is 0. The van der Waals surface area contributed by atoms with E-state index in [0.717, 1.165) is 26.4 Å². The molecule has 1 aromatic carbocycles. The molecule has 0 atom stereocenters. The molecule has 90 valence electrons. The number of carbonyl (C=O) groups excluding carboxylic acids is 1. The van der Waals surface area contributed by atoms with Crippen LogP contribution in [0.15, 0.2) is 30.6 Å². The number of nitrogens with one attached hydrogen (secondary N) is 2. The van der Waals surface area contributed by atoms with Gasteiger partial charge in [0.25, 0.3) is 0 Å². The quantitative estimate of drug-likeness (QED) is 0.702. The Bertz CT molecular complexity index is 688. The molecule has 2 aromatic heterocycles. The monoisotopic (exact) mass is 258 g/mol. The minimum Gasteiger partial charge on any atom is -0.354 e. The summed E-state index contributed by atoms with van der Waals surface area (Å²) < 4.78 is 0. The zero-order chi connectivity index (χ0) is 12.4. The number of hydrogen-bond acceptors (Lipinski definition) is 4. The third-order valence-corrected chi connectivity index (χ3v) is 3.65. The number of nitrogens with zero attached hydrogens (tertiary/aromatic N) is 2. The maximum atomic E-state index is 10.2. The van der Waals surface area contributed by atoms with Crippen LogP contribution in [0.1, 0.15) is 4.88 Å². The van der Waals surface area contributed by atoms with Crippen LogP contribution in [-0.2, 0) is 11.3 Å². The van der Waals surface area contributed by atoms with Gasteiger partial charge in [-0.2, -0.15) is 5.10 Å². The van der Waals surface area contributed by atoms with E-state index in [1.807, 2.05) is 12.1 Å². The molecule has 2 N–H and O–H groups in total. The van der Waals surface area contributed by atoms with Crippen molar-refractivity contribution in [2.24, 2.45) is 0 Å². The van der Waals surface area contributed by atoms with Gasteiger partial charge in [-0.05, 0) is 18.2 Å². The van der Waals surface area contributed by atoms with E-state index in [-0.39, 0.29) is 0 Å². The van der Waals surface area contributed by atoms with Crippen LogP contribution in [0.4, 0.5) is 0 Å². The van der Waals surface area contributed by atoms with Crippen molar-refractivity contribution in [3.05, 3.63) is 35.5 Å². The fourth-order valence-corrected chi connectivity index (χ4v) is 2.60. The predicted octanol–water partition coefficient (Wildman–Crippen LogP) is 1.93. The lowest BCUT2D eigenvalue weighted by atomic mass is 10.2. The van der Waals surface area contributed by atoms with Crippen LogP contribution in [0.3, 0.4) is 0 Å². The van der Waals surface area contributed by atoms with Gasteiger partial charge in [-0.25, -0.2) is 4.98 Å². The fourth-order valence-electron chi connectivity index (χ4n) is 1.74. The Morgan fingerprint density at radius 3 is 3.22 bits per heavy atom. The van der Waals surface area contributed by atoms with Crippen molar-refractivity contribution in [1.82, 2.24) is 20.5 Å². The third kappa shape index (κ3) is 1.98. The Morgan fingerprint density at radius 1 is 1.39 bits per heavy atom. The zero-order valence-corrected chi connectivity index (χ0v) is 10.2. The van der Waals surface area contributed by atoms with Crippen LogP contribution in [0, 0.1) is 0 Å². The molecule has 5 nitrogen and oxygen atoms in total. The number of carbonyl (C=O) groups is 1. The summed E-state index contributed by atoms with van der Waals surface area (Å²) >= 11 is 1.57. The molecule has 0 saturated carbocycles. The number of benzene rings is 1. The lowest BCUT2D eigenvalue weighted by Crippen LogP contribution is -2.07. The van der Waals surface area contributed by atoms with Crippen molar-refractivity contribution in [2.45, 2.75) is 6.54 Å². The standard InChI is InChI=1S/C12H10N4OS/c17-7-13-5-10-6-14-12(18-10)8-1-2-11-9(3-8)4-15-16-11/h1-4,6-7H,5H2,(H,13,17)(H,15,16). The Kier molecular flexibility index (Phi) is 2.77. The van der Waals surface area contributed by atoms with Gasteiger partial charge in [0.15, 0.2) is 0 Å². The number of thiazole rings is 1. The summed E-state index contributed by atoms with van der Waals surface area (Å²) in [6, 6.07) is 6.05. The first-order valence-corrected chi connectivity index (χ1v) is 6.24. The van der Waals surface area contributed by atoms with E-state index in [4.69, 9.17) is 0 Å². The van der Waals surface area contributed by atoms with Gasteiger partial charge in [-0.1, -0.05) is 0 Å². The maximum Gasteiger partial charge on any atom is 0.207 e. The van der Waals surface area contributed by atoms with Crippen molar-refractivity contribution in [3.63, 3.8) is 0 Å². The van der Waals surface area contributed by atoms with Crippen molar-refractivity contribution >= 4 is 28.6 Å². The molecule has 3 aromatic rings. The zero-order valence-electron chi connectivity index (χ0n) is 9.38. The maximum absolute atomic E-state index is 10.2. The Balaban J connectivity index is 1.92. The Hall–Kier alpha value is -2.21. The van der Waals surface area contributed by atoms with Crippen LogP contribution in [0.2, 0.25) is 0 Å². The van der Waals surface area contributed by atoms with Crippen molar-refractivity contribution in [3.8, 4) is 10.6 Å². The van der Waals surface area contributed by atoms with Gasteiger partial charge in [0.2, 0.25) is 6.41 Å². The van der Waals surface area contributed by atoms with Gasteiger partial charge in [0.1, 0.15) is 5.01 Å². The Labute approximate surface area is 107 Å². The largest absolute Gasteiger partial charge is 0.354 e. The molecule has 2 heterocycles. The lowest BCUT2D eigenvalue weighted by molar-refractivity contribution is -0.109. The fraction of sp³-hybridized carbons (Fsp3) is 0.0833. The third-order valence-electron chi connectivity index (χ3n) is 2.60. The summed E-state index contributed by atoms with van der Waals surface area (Å²) in [6.07, 6.45) is 4.27. The molecule has 0 bridgehead atoms. The normalized spacial score (nSPS) is 10.7. The second-order valence-electron chi connectivity index (χ2n) is 3.80. The lowest BCUT2D eigenvalue weighted by Gasteiger charge is -1.96. The summed E-state index contributed by atoms with van der Waals surface area (Å²) in [6.45, 7) is 0.523. The number of rotatable bonds is 4. The molecule has 0 spiro atoms. The average molecular weight is 258 g/mol. The molecule has 0 unspecified atom stereocenters. The van der Waals surface area contributed by atoms with Crippen LogP contribution in [0.25, 0.3) is 21.5 Å². The van der Waals surface area contributed by atoms with Crippen LogP contribution < -0.4 is 5.32 Å². The summed E-state index contributed by atoms with van der Waals surface area (Å²) in [4.78, 5) is 15.6. The smallest absolute Gasteiger partial charge is 0.207 e. The molecule has 0 saturated heterocycles. The molecule has 3 rings (SSSR count). The predicted molar refractivity (Wildman–Crippen MR) is 70.1 cm³/mol. The number of aromatic nitrogens is 3. The highest BCUT2D eigenvalue weighted by molar-refractivity contribution is 7.15. The molecule has 0 aliphatic heterocycles. The van der Waals surface area contributed by atoms with E-state index < -0.39 is 0 Å². The molecular weight excluding hydrogens is 248 g/mol. The van der Waals surface area contributed by atoms with E-state index in [1.54, 1.807) is 23.7 Å². The van der Waals surface area contributed by atoms with E-state index in [0.29, 0.717) is 13.0 Å². The van der Waals surface area contributed by atoms with Crippen molar-refractivity contribution in [1.29, 1.82) is 0 Å². The highest BCUT2D eigenvalue weighted by Crippen LogP contribution is 2.27. The van der Waals surface area contributed by atoms with Crippen molar-refractivity contribution in [2.75, 3.05) is 0 Å². The van der Waals surface area contributed by atoms with Gasteiger partial charge in [-0.3, -0.25) is 9.89 Å². The molecule has 0 radical (unpaired) electrons. The van der Waals surface area contributed by atoms with E-state index in [2.05, 4.69) is 26.6 Å². The number of aromatic amines is 1. The van der Waals surface area contributed by atoms with Gasteiger partial charge in [-0.15, -0.1) is 11.3 Å². The minimum atomic E-state index is 0.523. The first-order chi connectivity index (χ1) is 8.86. The number of H-pyrrole nitrogens is 1. The summed E-state index contributed by atoms with van der Waals surface area (Å²) in [5.41, 5.74) is 2.07. The molecule has 6 heteroatoms. The molecule has 0 aliphatic rings. The molecule has 0 fully saturated rings. The van der Waals surface area contributed by atoms with E-state index >= 15 is 0 Å². The second kappa shape index (κ2) is 4.58. The molecular formula is C12H10N4OS. The number of hydrogen-bond donors (Lipinski definition) is 2. The molecule has 1 amide bonds. The second-order valence-corrected chi connectivity index (χ2v) is 4.92. The van der Waals surface area contributed by atoms with Crippen LogP contribution in [0.5, 0.6) is 0 Å². The van der Waals surface area contributed by atoms with Gasteiger partial charge >= 0.3 is 0 Å². The van der Waals surface area contributed by atoms with Crippen molar-refractivity contribution < 1.29 is 4.79 Å². The average Bonchev–Trinajstić information content (AvgIpc) is 3.04. The van der Waals surface area contributed by atoms with Gasteiger partial charge in [0, 0.05) is 22.0 Å². The van der Waals surface area contributed by atoms with Gasteiger partial charge in [0.05, 0.1) is 18.3 Å².